The zero-order chi connectivity index (χ0) is 13.8. The number of likely N-dealkylation sites (tertiary alicyclic amines) is 1. The van der Waals surface area contributed by atoms with Crippen molar-refractivity contribution in [3.63, 3.8) is 0 Å². The van der Waals surface area contributed by atoms with Crippen LogP contribution in [0.25, 0.3) is 0 Å². The molecule has 0 spiro atoms. The fraction of sp³-hybridized carbons (Fsp3) is 0.714. The van der Waals surface area contributed by atoms with Crippen molar-refractivity contribution in [1.29, 1.82) is 0 Å². The van der Waals surface area contributed by atoms with E-state index in [9.17, 15) is 4.79 Å². The second-order valence-corrected chi connectivity index (χ2v) is 5.26. The highest BCUT2D eigenvalue weighted by molar-refractivity contribution is 5.96. The molecule has 5 nitrogen and oxygen atoms in total. The van der Waals surface area contributed by atoms with Crippen molar-refractivity contribution in [2.75, 3.05) is 19.6 Å². The highest BCUT2D eigenvalue weighted by Gasteiger charge is 2.28. The quantitative estimate of drug-likeness (QED) is 0.900. The number of nitrogens with zero attached hydrogens (tertiary/aromatic N) is 2. The van der Waals surface area contributed by atoms with Gasteiger partial charge in [-0.1, -0.05) is 12.1 Å². The fourth-order valence-corrected chi connectivity index (χ4v) is 2.81. The van der Waals surface area contributed by atoms with Gasteiger partial charge in [0.15, 0.2) is 0 Å². The number of aryl methyl sites for hydroxylation is 2. The number of rotatable bonds is 4. The van der Waals surface area contributed by atoms with Crippen LogP contribution in [0.3, 0.4) is 0 Å². The fourth-order valence-electron chi connectivity index (χ4n) is 2.81. The van der Waals surface area contributed by atoms with E-state index in [1.54, 1.807) is 0 Å². The first-order valence-electron chi connectivity index (χ1n) is 7.11. The van der Waals surface area contributed by atoms with Crippen molar-refractivity contribution >= 4 is 5.91 Å². The molecular weight excluding hydrogens is 242 g/mol. The van der Waals surface area contributed by atoms with Crippen LogP contribution >= 0.6 is 0 Å². The molecule has 19 heavy (non-hydrogen) atoms. The molecule has 1 aliphatic heterocycles. The van der Waals surface area contributed by atoms with E-state index >= 15 is 0 Å². The van der Waals surface area contributed by atoms with E-state index in [-0.39, 0.29) is 5.91 Å². The van der Waals surface area contributed by atoms with Gasteiger partial charge >= 0.3 is 0 Å². The summed E-state index contributed by atoms with van der Waals surface area (Å²) in [6.07, 6.45) is 3.92. The third-order valence-electron chi connectivity index (χ3n) is 3.85. The molecule has 5 heteroatoms. The summed E-state index contributed by atoms with van der Waals surface area (Å²) in [5.41, 5.74) is 6.98. The van der Waals surface area contributed by atoms with Gasteiger partial charge < -0.3 is 15.2 Å². The summed E-state index contributed by atoms with van der Waals surface area (Å²) < 4.78 is 5.21. The summed E-state index contributed by atoms with van der Waals surface area (Å²) in [6.45, 7) is 6.14. The van der Waals surface area contributed by atoms with Crippen molar-refractivity contribution in [2.24, 2.45) is 11.7 Å². The van der Waals surface area contributed by atoms with Crippen LogP contribution < -0.4 is 5.73 Å². The van der Waals surface area contributed by atoms with E-state index in [4.69, 9.17) is 10.3 Å². The van der Waals surface area contributed by atoms with Crippen molar-refractivity contribution in [1.82, 2.24) is 10.1 Å². The van der Waals surface area contributed by atoms with Crippen molar-refractivity contribution in [3.05, 3.63) is 17.0 Å². The number of amides is 1. The molecule has 1 fully saturated rings. The van der Waals surface area contributed by atoms with Gasteiger partial charge in [0.1, 0.15) is 11.3 Å². The first kappa shape index (κ1) is 14.1. The Balaban J connectivity index is 2.12. The molecule has 2 N–H and O–H groups in total. The first-order chi connectivity index (χ1) is 9.17. The minimum atomic E-state index is 0.0670. The summed E-state index contributed by atoms with van der Waals surface area (Å²) in [5, 5.41) is 3.92. The zero-order valence-corrected chi connectivity index (χ0v) is 11.8. The van der Waals surface area contributed by atoms with Crippen LogP contribution in [-0.2, 0) is 6.42 Å². The van der Waals surface area contributed by atoms with E-state index in [0.29, 0.717) is 35.9 Å². The van der Waals surface area contributed by atoms with Gasteiger partial charge in [-0.05, 0) is 38.6 Å². The molecule has 1 saturated heterocycles. The number of hydrogen-bond donors (Lipinski definition) is 1. The van der Waals surface area contributed by atoms with Crippen molar-refractivity contribution < 1.29 is 9.32 Å². The molecule has 0 radical (unpaired) electrons. The number of nitrogens with two attached hydrogens (primary N) is 1. The number of aromatic nitrogens is 1. The lowest BCUT2D eigenvalue weighted by atomic mass is 9.94. The Morgan fingerprint density at radius 3 is 3.05 bits per heavy atom. The molecule has 1 atom stereocenters. The smallest absolute Gasteiger partial charge is 0.259 e. The minimum Gasteiger partial charge on any atom is -0.360 e. The van der Waals surface area contributed by atoms with E-state index in [1.807, 2.05) is 18.7 Å². The highest BCUT2D eigenvalue weighted by atomic mass is 16.5. The Morgan fingerprint density at radius 2 is 2.37 bits per heavy atom. The molecule has 0 saturated carbocycles. The van der Waals surface area contributed by atoms with Gasteiger partial charge in [-0.2, -0.15) is 0 Å². The highest BCUT2D eigenvalue weighted by Crippen LogP contribution is 2.23. The lowest BCUT2D eigenvalue weighted by Gasteiger charge is -2.32. The number of piperidine rings is 1. The maximum atomic E-state index is 12.6. The predicted octanol–water partition coefficient (Wildman–Crippen LogP) is 1.75. The summed E-state index contributed by atoms with van der Waals surface area (Å²) in [5.74, 6) is 1.30. The average Bonchev–Trinajstić information content (AvgIpc) is 2.80. The third-order valence-corrected chi connectivity index (χ3v) is 3.85. The second kappa shape index (κ2) is 6.19. The van der Waals surface area contributed by atoms with Crippen molar-refractivity contribution in [2.45, 2.75) is 39.5 Å². The predicted molar refractivity (Wildman–Crippen MR) is 72.9 cm³/mol. The van der Waals surface area contributed by atoms with Crippen LogP contribution in [0.15, 0.2) is 4.52 Å². The molecule has 1 aromatic heterocycles. The Labute approximate surface area is 114 Å². The molecule has 1 aromatic rings. The second-order valence-electron chi connectivity index (χ2n) is 5.26. The van der Waals surface area contributed by atoms with Crippen LogP contribution in [0.5, 0.6) is 0 Å². The SMILES string of the molecule is CCc1onc(C)c1C(=O)N1CCCC(CCN)C1. The molecule has 2 heterocycles. The Kier molecular flexibility index (Phi) is 4.58. The summed E-state index contributed by atoms with van der Waals surface area (Å²) >= 11 is 0. The Hall–Kier alpha value is -1.36. The van der Waals surface area contributed by atoms with Crippen LogP contribution in [0.2, 0.25) is 0 Å². The number of carbonyl (C=O) groups excluding carboxylic acids is 1. The van der Waals surface area contributed by atoms with Crippen LogP contribution in [0.1, 0.15) is 48.0 Å². The minimum absolute atomic E-state index is 0.0670. The van der Waals surface area contributed by atoms with Crippen LogP contribution in [0, 0.1) is 12.8 Å². The normalized spacial score (nSPS) is 19.7. The number of hydrogen-bond acceptors (Lipinski definition) is 4. The molecule has 2 rings (SSSR count). The molecule has 1 amide bonds. The Bertz CT molecular complexity index is 440. The molecule has 0 aliphatic carbocycles. The first-order valence-corrected chi connectivity index (χ1v) is 7.11. The number of carbonyl (C=O) groups is 1. The van der Waals surface area contributed by atoms with Gasteiger partial charge in [-0.3, -0.25) is 4.79 Å². The van der Waals surface area contributed by atoms with E-state index in [0.717, 1.165) is 25.9 Å². The van der Waals surface area contributed by atoms with Crippen LogP contribution in [0.4, 0.5) is 0 Å². The monoisotopic (exact) mass is 265 g/mol. The van der Waals surface area contributed by atoms with Crippen molar-refractivity contribution in [3.8, 4) is 0 Å². The topological polar surface area (TPSA) is 72.4 Å². The molecular formula is C14H23N3O2. The standard InChI is InChI=1S/C14H23N3O2/c1-3-12-13(10(2)16-19-12)14(18)17-8-4-5-11(9-17)6-7-15/h11H,3-9,15H2,1-2H3. The van der Waals surface area contributed by atoms with E-state index in [2.05, 4.69) is 5.16 Å². The molecule has 0 aromatic carbocycles. The maximum Gasteiger partial charge on any atom is 0.259 e. The van der Waals surface area contributed by atoms with Gasteiger partial charge in [0, 0.05) is 19.5 Å². The van der Waals surface area contributed by atoms with E-state index in [1.165, 1.54) is 6.42 Å². The van der Waals surface area contributed by atoms with Gasteiger partial charge in [0.25, 0.3) is 5.91 Å². The summed E-state index contributed by atoms with van der Waals surface area (Å²) in [4.78, 5) is 14.5. The summed E-state index contributed by atoms with van der Waals surface area (Å²) in [6, 6.07) is 0. The van der Waals surface area contributed by atoms with E-state index < -0.39 is 0 Å². The molecule has 0 bridgehead atoms. The zero-order valence-electron chi connectivity index (χ0n) is 11.8. The molecule has 1 unspecified atom stereocenters. The average molecular weight is 265 g/mol. The molecule has 106 valence electrons. The maximum absolute atomic E-state index is 12.6. The summed E-state index contributed by atoms with van der Waals surface area (Å²) in [7, 11) is 0. The van der Waals surface area contributed by atoms with Gasteiger partial charge in [-0.15, -0.1) is 0 Å². The van der Waals surface area contributed by atoms with Gasteiger partial charge in [-0.25, -0.2) is 0 Å². The van der Waals surface area contributed by atoms with Gasteiger partial charge in [0.05, 0.1) is 5.69 Å². The lowest BCUT2D eigenvalue weighted by Crippen LogP contribution is -2.40. The third kappa shape index (κ3) is 2.97. The van der Waals surface area contributed by atoms with Crippen LogP contribution in [-0.4, -0.2) is 35.6 Å². The Morgan fingerprint density at radius 1 is 1.58 bits per heavy atom. The lowest BCUT2D eigenvalue weighted by molar-refractivity contribution is 0.0666. The van der Waals surface area contributed by atoms with Gasteiger partial charge in [0.2, 0.25) is 0 Å². The largest absolute Gasteiger partial charge is 0.360 e. The molecule has 1 aliphatic rings.